The number of para-hydroxylation sites is 1. The Morgan fingerprint density at radius 2 is 1.03 bits per heavy atom. The van der Waals surface area contributed by atoms with E-state index < -0.39 is 0 Å². The zero-order valence-corrected chi connectivity index (χ0v) is 18.7. The second-order valence-electron chi connectivity index (χ2n) is 8.50. The Hall–Kier alpha value is -4.90. The molecule has 0 unspecified atom stereocenters. The Morgan fingerprint density at radius 3 is 1.71 bits per heavy atom. The van der Waals surface area contributed by atoms with E-state index in [1.807, 2.05) is 60.7 Å². The molecule has 0 fully saturated rings. The second kappa shape index (κ2) is 7.85. The fraction of sp³-hybridized carbons (Fsp3) is 0. The molecule has 0 saturated heterocycles. The van der Waals surface area contributed by atoms with Gasteiger partial charge in [-0.1, -0.05) is 78.9 Å². The average molecular weight is 450 g/mol. The van der Waals surface area contributed by atoms with Gasteiger partial charge in [0.1, 0.15) is 11.0 Å². The highest BCUT2D eigenvalue weighted by atomic mass is 15.5. The molecule has 3 heterocycles. The lowest BCUT2D eigenvalue weighted by Gasteiger charge is -2.08. The quantitative estimate of drug-likeness (QED) is 0.277. The molecule has 3 aromatic heterocycles. The van der Waals surface area contributed by atoms with Gasteiger partial charge >= 0.3 is 0 Å². The van der Waals surface area contributed by atoms with Gasteiger partial charge in [0.15, 0.2) is 0 Å². The molecule has 164 valence electrons. The molecule has 0 atom stereocenters. The Kier molecular flexibility index (Phi) is 4.39. The number of rotatable bonds is 3. The van der Waals surface area contributed by atoms with E-state index in [2.05, 4.69) is 59.7 Å². The first-order valence-electron chi connectivity index (χ1n) is 11.5. The van der Waals surface area contributed by atoms with E-state index in [9.17, 15) is 0 Å². The first kappa shape index (κ1) is 19.6. The van der Waals surface area contributed by atoms with Gasteiger partial charge in [0, 0.05) is 21.9 Å². The monoisotopic (exact) mass is 449 g/mol. The zero-order valence-electron chi connectivity index (χ0n) is 18.7. The van der Waals surface area contributed by atoms with Gasteiger partial charge in [-0.2, -0.15) is 4.80 Å². The van der Waals surface area contributed by atoms with E-state index in [1.54, 1.807) is 4.80 Å². The number of aromatic nitrogens is 5. The van der Waals surface area contributed by atoms with Crippen molar-refractivity contribution in [1.82, 2.24) is 25.0 Å². The number of benzene rings is 4. The van der Waals surface area contributed by atoms with Crippen LogP contribution in [0.1, 0.15) is 0 Å². The fourth-order valence-corrected chi connectivity index (χ4v) is 4.45. The van der Waals surface area contributed by atoms with Gasteiger partial charge in [-0.05, 0) is 36.4 Å². The smallest absolute Gasteiger partial charge is 0.114 e. The summed E-state index contributed by atoms with van der Waals surface area (Å²) in [5, 5.41) is 11.5. The number of pyridine rings is 2. The number of nitrogens with zero attached hydrogens (tertiary/aromatic N) is 5. The lowest BCUT2D eigenvalue weighted by Crippen LogP contribution is -1.97. The van der Waals surface area contributed by atoms with Gasteiger partial charge in [0.2, 0.25) is 0 Å². The lowest BCUT2D eigenvalue weighted by molar-refractivity contribution is 0.766. The molecule has 0 saturated carbocycles. The molecular formula is C30H19N5. The van der Waals surface area contributed by atoms with Crippen LogP contribution >= 0.6 is 0 Å². The maximum Gasteiger partial charge on any atom is 0.114 e. The molecule has 7 rings (SSSR count). The molecule has 35 heavy (non-hydrogen) atoms. The van der Waals surface area contributed by atoms with Crippen molar-refractivity contribution in [2.24, 2.45) is 0 Å². The molecule has 0 bridgehead atoms. The van der Waals surface area contributed by atoms with Crippen LogP contribution in [0.4, 0.5) is 0 Å². The summed E-state index contributed by atoms with van der Waals surface area (Å²) >= 11 is 0. The highest BCUT2D eigenvalue weighted by molar-refractivity contribution is 6.04. The van der Waals surface area contributed by atoms with Crippen LogP contribution in [0.15, 0.2) is 115 Å². The van der Waals surface area contributed by atoms with E-state index in [1.165, 1.54) is 0 Å². The van der Waals surface area contributed by atoms with Gasteiger partial charge in [0.25, 0.3) is 0 Å². The van der Waals surface area contributed by atoms with Gasteiger partial charge in [0.05, 0.1) is 28.1 Å². The van der Waals surface area contributed by atoms with Gasteiger partial charge < -0.3 is 0 Å². The van der Waals surface area contributed by atoms with Crippen molar-refractivity contribution in [3.05, 3.63) is 115 Å². The third-order valence-electron chi connectivity index (χ3n) is 6.25. The minimum Gasteiger partial charge on any atom is -0.245 e. The van der Waals surface area contributed by atoms with Crippen LogP contribution < -0.4 is 0 Å². The zero-order chi connectivity index (χ0) is 23.2. The number of hydrogen-bond acceptors (Lipinski definition) is 4. The summed E-state index contributed by atoms with van der Waals surface area (Å²) in [6.07, 6.45) is 0. The van der Waals surface area contributed by atoms with E-state index in [4.69, 9.17) is 15.1 Å². The molecule has 4 aromatic carbocycles. The minimum atomic E-state index is 0.829. The molecule has 0 aliphatic rings. The first-order chi connectivity index (χ1) is 17.3. The molecular weight excluding hydrogens is 430 g/mol. The SMILES string of the molecule is c1ccc(-c2ccc3ccc4ccc(-c5ccc6nn(-c7ccccc7)nc6c5)nc4c3n2)cc1. The topological polar surface area (TPSA) is 56.5 Å². The maximum absolute atomic E-state index is 5.06. The summed E-state index contributed by atoms with van der Waals surface area (Å²) in [6, 6.07) is 38.8. The van der Waals surface area contributed by atoms with Crippen molar-refractivity contribution in [3.8, 4) is 28.2 Å². The number of hydrogen-bond donors (Lipinski definition) is 0. The Bertz CT molecular complexity index is 1840. The van der Waals surface area contributed by atoms with Gasteiger partial charge in [-0.3, -0.25) is 0 Å². The summed E-state index contributed by atoms with van der Waals surface area (Å²) in [5.41, 5.74) is 8.32. The molecule has 5 nitrogen and oxygen atoms in total. The van der Waals surface area contributed by atoms with E-state index in [0.717, 1.165) is 61.0 Å². The summed E-state index contributed by atoms with van der Waals surface area (Å²) in [7, 11) is 0. The number of fused-ring (bicyclic) bond motifs is 4. The normalized spacial score (nSPS) is 11.4. The Morgan fingerprint density at radius 1 is 0.457 bits per heavy atom. The first-order valence-corrected chi connectivity index (χ1v) is 11.5. The van der Waals surface area contributed by atoms with Crippen LogP contribution in [-0.2, 0) is 0 Å². The third-order valence-corrected chi connectivity index (χ3v) is 6.25. The summed E-state index contributed by atoms with van der Waals surface area (Å²) in [6.45, 7) is 0. The fourth-order valence-electron chi connectivity index (χ4n) is 4.45. The highest BCUT2D eigenvalue weighted by Crippen LogP contribution is 2.29. The van der Waals surface area contributed by atoms with Crippen LogP contribution in [0.5, 0.6) is 0 Å². The summed E-state index contributed by atoms with van der Waals surface area (Å²) in [5.74, 6) is 0. The maximum atomic E-state index is 5.06. The van der Waals surface area contributed by atoms with Crippen LogP contribution in [0.2, 0.25) is 0 Å². The molecule has 0 aliphatic heterocycles. The van der Waals surface area contributed by atoms with Crippen molar-refractivity contribution >= 4 is 32.8 Å². The van der Waals surface area contributed by atoms with Crippen LogP contribution in [0.25, 0.3) is 61.0 Å². The van der Waals surface area contributed by atoms with E-state index >= 15 is 0 Å². The van der Waals surface area contributed by atoms with Crippen molar-refractivity contribution in [2.45, 2.75) is 0 Å². The summed E-state index contributed by atoms with van der Waals surface area (Å²) in [4.78, 5) is 11.7. The van der Waals surface area contributed by atoms with Crippen LogP contribution in [0.3, 0.4) is 0 Å². The Balaban J connectivity index is 1.36. The molecule has 5 heteroatoms. The minimum absolute atomic E-state index is 0.829. The predicted molar refractivity (Wildman–Crippen MR) is 140 cm³/mol. The largest absolute Gasteiger partial charge is 0.245 e. The molecule has 0 radical (unpaired) electrons. The molecule has 0 N–H and O–H groups in total. The highest BCUT2D eigenvalue weighted by Gasteiger charge is 2.11. The molecule has 0 aliphatic carbocycles. The van der Waals surface area contributed by atoms with Crippen LogP contribution in [0, 0.1) is 0 Å². The standard InChI is InChI=1S/C30H19N5/c1-3-7-20(8-4-1)25-16-13-21-11-12-22-14-17-26(32-30(22)29(21)31-25)23-15-18-27-28(19-23)34-35(33-27)24-9-5-2-6-10-24/h1-19H. The third kappa shape index (κ3) is 3.42. The predicted octanol–water partition coefficient (Wildman–Crippen LogP) is 6.85. The molecule has 7 aromatic rings. The Labute approximate surface area is 201 Å². The molecule has 0 amide bonds. The van der Waals surface area contributed by atoms with Crippen molar-refractivity contribution in [3.63, 3.8) is 0 Å². The van der Waals surface area contributed by atoms with Crippen LogP contribution in [-0.4, -0.2) is 25.0 Å². The van der Waals surface area contributed by atoms with Gasteiger partial charge in [-0.15, -0.1) is 10.2 Å². The van der Waals surface area contributed by atoms with Crippen molar-refractivity contribution < 1.29 is 0 Å². The van der Waals surface area contributed by atoms with E-state index in [0.29, 0.717) is 0 Å². The lowest BCUT2D eigenvalue weighted by atomic mass is 10.1. The average Bonchev–Trinajstić information content (AvgIpc) is 3.37. The van der Waals surface area contributed by atoms with Crippen molar-refractivity contribution in [2.75, 3.05) is 0 Å². The molecule has 0 spiro atoms. The summed E-state index contributed by atoms with van der Waals surface area (Å²) < 4.78 is 0. The second-order valence-corrected chi connectivity index (χ2v) is 8.50. The van der Waals surface area contributed by atoms with Gasteiger partial charge in [-0.25, -0.2) is 9.97 Å². The van der Waals surface area contributed by atoms with Crippen molar-refractivity contribution in [1.29, 1.82) is 0 Å². The van der Waals surface area contributed by atoms with E-state index in [-0.39, 0.29) is 0 Å².